The van der Waals surface area contributed by atoms with Gasteiger partial charge in [-0.3, -0.25) is 14.4 Å². The monoisotopic (exact) mass is 597 g/mol. The summed E-state index contributed by atoms with van der Waals surface area (Å²) in [5, 5.41) is 2.17. The third-order valence-electron chi connectivity index (χ3n) is 8.43. The molecule has 1 aliphatic rings. The van der Waals surface area contributed by atoms with E-state index in [2.05, 4.69) is 11.0 Å². The maximum Gasteiger partial charge on any atom is 0.246 e. The first-order chi connectivity index (χ1) is 20.9. The quantitative estimate of drug-likeness (QED) is 0.340. The normalized spacial score (nSPS) is 15.7. The fourth-order valence-electron chi connectivity index (χ4n) is 5.57. The predicted octanol–water partition coefficient (Wildman–Crippen LogP) is 3.74. The lowest BCUT2D eigenvalue weighted by Gasteiger charge is -2.39. The average Bonchev–Trinajstić information content (AvgIpc) is 3.01. The highest BCUT2D eigenvalue weighted by Crippen LogP contribution is 2.21. The Labute approximate surface area is 262 Å². The number of likely N-dealkylation sites (N-methyl/N-ethyl adjacent to an activating group) is 3. The Morgan fingerprint density at radius 1 is 0.818 bits per heavy atom. The summed E-state index contributed by atoms with van der Waals surface area (Å²) in [7, 11) is 5.40. The van der Waals surface area contributed by atoms with Crippen molar-refractivity contribution in [2.24, 2.45) is 5.73 Å². The lowest BCUT2D eigenvalue weighted by Crippen LogP contribution is -2.58. The largest absolute Gasteiger partial charge is 0.338 e. The summed E-state index contributed by atoms with van der Waals surface area (Å²) >= 11 is 0. The van der Waals surface area contributed by atoms with Crippen LogP contribution in [0.5, 0.6) is 0 Å². The zero-order chi connectivity index (χ0) is 31.9. The summed E-state index contributed by atoms with van der Waals surface area (Å²) in [4.78, 5) is 49.0. The molecule has 0 aromatic heterocycles. The number of hydrogen-bond acceptors (Lipinski definition) is 5. The topological polar surface area (TPSA) is 90.2 Å². The van der Waals surface area contributed by atoms with Crippen molar-refractivity contribution < 1.29 is 14.4 Å². The minimum Gasteiger partial charge on any atom is -0.338 e. The molecule has 4 rings (SSSR count). The van der Waals surface area contributed by atoms with E-state index in [0.29, 0.717) is 32.4 Å². The number of nitrogens with two attached hydrogens (primary N) is 1. The van der Waals surface area contributed by atoms with E-state index in [1.54, 1.807) is 25.1 Å². The summed E-state index contributed by atoms with van der Waals surface area (Å²) in [6, 6.07) is 22.4. The van der Waals surface area contributed by atoms with Crippen LogP contribution in [0.4, 0.5) is 0 Å². The third kappa shape index (κ3) is 8.77. The number of piperazine rings is 1. The molecule has 8 nitrogen and oxygen atoms in total. The fourth-order valence-corrected chi connectivity index (χ4v) is 5.57. The summed E-state index contributed by atoms with van der Waals surface area (Å²) in [6.45, 7) is 6.60. The summed E-state index contributed by atoms with van der Waals surface area (Å²) < 4.78 is 0. The Morgan fingerprint density at radius 2 is 1.43 bits per heavy atom. The molecule has 234 valence electrons. The number of benzene rings is 3. The van der Waals surface area contributed by atoms with Crippen LogP contribution in [0.1, 0.15) is 31.4 Å². The highest BCUT2D eigenvalue weighted by atomic mass is 16.2. The Balaban J connectivity index is 1.65. The van der Waals surface area contributed by atoms with Gasteiger partial charge in [0.1, 0.15) is 12.1 Å². The SMILES string of the molecule is CN1CCN(C(=O)[C@@H](Cc2ccccc2)N(C)C(=O)[C@@H](Cc2ccc3ccccc3c2)N(C)C(=O)C=CCC(C)(C)N)CC1. The predicted molar refractivity (Wildman–Crippen MR) is 177 cm³/mol. The van der Waals surface area contributed by atoms with Crippen molar-refractivity contribution in [3.63, 3.8) is 0 Å². The highest BCUT2D eigenvalue weighted by molar-refractivity contribution is 5.95. The van der Waals surface area contributed by atoms with E-state index in [4.69, 9.17) is 5.73 Å². The van der Waals surface area contributed by atoms with Crippen LogP contribution in [0.25, 0.3) is 10.8 Å². The van der Waals surface area contributed by atoms with Gasteiger partial charge in [0, 0.05) is 58.7 Å². The summed E-state index contributed by atoms with van der Waals surface area (Å²) in [5.74, 6) is -0.627. The molecule has 8 heteroatoms. The second-order valence-corrected chi connectivity index (χ2v) is 12.7. The summed E-state index contributed by atoms with van der Waals surface area (Å²) in [5.41, 5.74) is 7.57. The Bertz CT molecular complexity index is 1460. The van der Waals surface area contributed by atoms with E-state index in [1.807, 2.05) is 92.5 Å². The maximum absolute atomic E-state index is 14.5. The second-order valence-electron chi connectivity index (χ2n) is 12.7. The second kappa shape index (κ2) is 14.6. The molecule has 3 aromatic carbocycles. The van der Waals surface area contributed by atoms with Crippen molar-refractivity contribution >= 4 is 28.5 Å². The molecule has 0 radical (unpaired) electrons. The molecule has 1 heterocycles. The van der Waals surface area contributed by atoms with Crippen LogP contribution in [0.3, 0.4) is 0 Å². The molecule has 44 heavy (non-hydrogen) atoms. The third-order valence-corrected chi connectivity index (χ3v) is 8.43. The van der Waals surface area contributed by atoms with Gasteiger partial charge in [0.25, 0.3) is 0 Å². The van der Waals surface area contributed by atoms with Gasteiger partial charge in [-0.05, 0) is 55.3 Å². The van der Waals surface area contributed by atoms with Gasteiger partial charge in [0.15, 0.2) is 0 Å². The molecule has 2 N–H and O–H groups in total. The van der Waals surface area contributed by atoms with Gasteiger partial charge in [-0.25, -0.2) is 0 Å². The standard InChI is InChI=1S/C36H47N5O3/c1-36(2,37)19-11-16-33(42)39(4)31(26-28-17-18-29-14-9-10-15-30(29)24-28)34(43)40(5)32(25-27-12-7-6-8-13-27)35(44)41-22-20-38(3)21-23-41/h6-18,24,31-32H,19-23,25-26,37H2,1-5H3/t31-,32-/m1/s1. The first-order valence-electron chi connectivity index (χ1n) is 15.4. The molecule has 1 fully saturated rings. The molecular formula is C36H47N5O3. The lowest BCUT2D eigenvalue weighted by atomic mass is 9.98. The molecule has 0 unspecified atom stereocenters. The molecule has 1 aliphatic heterocycles. The van der Waals surface area contributed by atoms with Crippen molar-refractivity contribution in [1.82, 2.24) is 19.6 Å². The van der Waals surface area contributed by atoms with Crippen LogP contribution >= 0.6 is 0 Å². The number of hydrogen-bond donors (Lipinski definition) is 1. The Morgan fingerprint density at radius 3 is 2.09 bits per heavy atom. The van der Waals surface area contributed by atoms with E-state index in [9.17, 15) is 14.4 Å². The van der Waals surface area contributed by atoms with Crippen LogP contribution in [0.2, 0.25) is 0 Å². The molecule has 1 saturated heterocycles. The van der Waals surface area contributed by atoms with Crippen molar-refractivity contribution in [1.29, 1.82) is 0 Å². The van der Waals surface area contributed by atoms with Gasteiger partial charge < -0.3 is 25.3 Å². The zero-order valence-corrected chi connectivity index (χ0v) is 26.8. The first-order valence-corrected chi connectivity index (χ1v) is 15.4. The molecule has 3 amide bonds. The van der Waals surface area contributed by atoms with Crippen molar-refractivity contribution in [3.05, 3.63) is 96.1 Å². The van der Waals surface area contributed by atoms with Crippen LogP contribution < -0.4 is 5.73 Å². The fraction of sp³-hybridized carbons (Fsp3) is 0.417. The summed E-state index contributed by atoms with van der Waals surface area (Å²) in [6.07, 6.45) is 4.48. The minimum absolute atomic E-state index is 0.0682. The smallest absolute Gasteiger partial charge is 0.246 e. The molecule has 0 aliphatic carbocycles. The number of rotatable bonds is 11. The van der Waals surface area contributed by atoms with Gasteiger partial charge in [0.05, 0.1) is 0 Å². The Hall–Kier alpha value is -4.01. The van der Waals surface area contributed by atoms with Crippen LogP contribution in [0.15, 0.2) is 84.9 Å². The van der Waals surface area contributed by atoms with E-state index >= 15 is 0 Å². The Kier molecular flexibility index (Phi) is 10.9. The highest BCUT2D eigenvalue weighted by Gasteiger charge is 2.37. The zero-order valence-electron chi connectivity index (χ0n) is 26.8. The van der Waals surface area contributed by atoms with E-state index in [1.165, 1.54) is 11.0 Å². The number of nitrogens with zero attached hydrogens (tertiary/aromatic N) is 4. The van der Waals surface area contributed by atoms with Gasteiger partial charge in [-0.15, -0.1) is 0 Å². The number of amides is 3. The van der Waals surface area contributed by atoms with Crippen molar-refractivity contribution in [3.8, 4) is 0 Å². The van der Waals surface area contributed by atoms with Crippen molar-refractivity contribution in [2.75, 3.05) is 47.3 Å². The number of carbonyl (C=O) groups excluding carboxylic acids is 3. The lowest BCUT2D eigenvalue weighted by molar-refractivity contribution is -0.149. The maximum atomic E-state index is 14.5. The minimum atomic E-state index is -0.817. The molecule has 2 atom stereocenters. The van der Waals surface area contributed by atoms with Gasteiger partial charge in [-0.1, -0.05) is 78.9 Å². The van der Waals surface area contributed by atoms with E-state index < -0.39 is 17.6 Å². The molecule has 0 spiro atoms. The molecule has 0 bridgehead atoms. The first kappa shape index (κ1) is 32.9. The van der Waals surface area contributed by atoms with E-state index in [-0.39, 0.29) is 17.7 Å². The molecular weight excluding hydrogens is 550 g/mol. The number of carbonyl (C=O) groups is 3. The molecule has 0 saturated carbocycles. The average molecular weight is 598 g/mol. The van der Waals surface area contributed by atoms with Crippen LogP contribution in [-0.2, 0) is 27.2 Å². The van der Waals surface area contributed by atoms with E-state index in [0.717, 1.165) is 35.0 Å². The van der Waals surface area contributed by atoms with Crippen LogP contribution in [-0.4, -0.2) is 102 Å². The number of fused-ring (bicyclic) bond motifs is 1. The van der Waals surface area contributed by atoms with Crippen LogP contribution in [0, 0.1) is 0 Å². The van der Waals surface area contributed by atoms with Crippen molar-refractivity contribution in [2.45, 2.75) is 50.7 Å². The van der Waals surface area contributed by atoms with Gasteiger partial charge in [0.2, 0.25) is 17.7 Å². The van der Waals surface area contributed by atoms with Gasteiger partial charge >= 0.3 is 0 Å². The van der Waals surface area contributed by atoms with Gasteiger partial charge in [-0.2, -0.15) is 0 Å². The molecule has 3 aromatic rings.